The van der Waals surface area contributed by atoms with Gasteiger partial charge in [-0.3, -0.25) is 4.79 Å². The molecule has 1 atom stereocenters. The number of amides is 1. The summed E-state index contributed by atoms with van der Waals surface area (Å²) >= 11 is 0. The Bertz CT molecular complexity index is 363. The molecular formula is C13H18N2O2. The third kappa shape index (κ3) is 3.46. The predicted octanol–water partition coefficient (Wildman–Crippen LogP) is 0.789. The molecule has 0 radical (unpaired) electrons. The molecule has 1 saturated heterocycles. The van der Waals surface area contributed by atoms with Crippen molar-refractivity contribution < 1.29 is 9.53 Å². The van der Waals surface area contributed by atoms with Gasteiger partial charge in [-0.25, -0.2) is 0 Å². The molecule has 1 aliphatic rings. The maximum atomic E-state index is 11.6. The van der Waals surface area contributed by atoms with Crippen LogP contribution in [0.15, 0.2) is 30.3 Å². The van der Waals surface area contributed by atoms with Crippen LogP contribution in [-0.4, -0.2) is 31.6 Å². The van der Waals surface area contributed by atoms with Crippen molar-refractivity contribution in [1.82, 2.24) is 10.6 Å². The molecule has 4 heteroatoms. The van der Waals surface area contributed by atoms with Crippen LogP contribution in [0.5, 0.6) is 5.75 Å². The third-order valence-electron chi connectivity index (χ3n) is 2.80. The maximum Gasteiger partial charge on any atom is 0.225 e. The molecule has 1 amide bonds. The molecule has 1 aromatic carbocycles. The van der Waals surface area contributed by atoms with Gasteiger partial charge in [0, 0.05) is 13.1 Å². The number of rotatable bonds is 5. The molecule has 1 aromatic rings. The second-order valence-electron chi connectivity index (χ2n) is 4.34. The Morgan fingerprint density at radius 3 is 2.76 bits per heavy atom. The zero-order valence-corrected chi connectivity index (χ0v) is 9.98. The Kier molecular flexibility index (Phi) is 3.98. The minimum atomic E-state index is -0.0191. The van der Waals surface area contributed by atoms with Gasteiger partial charge in [-0.05, 0) is 19.1 Å². The van der Waals surface area contributed by atoms with E-state index < -0.39 is 0 Å². The van der Waals surface area contributed by atoms with Gasteiger partial charge >= 0.3 is 0 Å². The predicted molar refractivity (Wildman–Crippen MR) is 65.9 cm³/mol. The van der Waals surface area contributed by atoms with Gasteiger partial charge in [0.15, 0.2) is 0 Å². The quantitative estimate of drug-likeness (QED) is 0.792. The topological polar surface area (TPSA) is 50.4 Å². The maximum absolute atomic E-state index is 11.6. The van der Waals surface area contributed by atoms with E-state index in [0.717, 1.165) is 18.8 Å². The summed E-state index contributed by atoms with van der Waals surface area (Å²) in [5, 5.41) is 5.98. The van der Waals surface area contributed by atoms with E-state index in [9.17, 15) is 4.79 Å². The highest BCUT2D eigenvalue weighted by molar-refractivity contribution is 5.80. The number of carbonyl (C=O) groups excluding carboxylic acids is 1. The van der Waals surface area contributed by atoms with Crippen molar-refractivity contribution in [3.63, 3.8) is 0 Å². The lowest BCUT2D eigenvalue weighted by molar-refractivity contribution is -0.126. The van der Waals surface area contributed by atoms with Crippen molar-refractivity contribution in [3.05, 3.63) is 30.3 Å². The molecule has 92 valence electrons. The average Bonchev–Trinajstić information content (AvgIpc) is 2.25. The van der Waals surface area contributed by atoms with Crippen LogP contribution in [0.25, 0.3) is 0 Å². The summed E-state index contributed by atoms with van der Waals surface area (Å²) in [4.78, 5) is 11.6. The van der Waals surface area contributed by atoms with Gasteiger partial charge in [0.25, 0.3) is 0 Å². The molecule has 0 bridgehead atoms. The van der Waals surface area contributed by atoms with Crippen LogP contribution in [-0.2, 0) is 4.79 Å². The highest BCUT2D eigenvalue weighted by atomic mass is 16.5. The molecule has 1 aliphatic heterocycles. The Labute approximate surface area is 101 Å². The number of hydrogen-bond donors (Lipinski definition) is 2. The van der Waals surface area contributed by atoms with E-state index in [4.69, 9.17) is 4.74 Å². The van der Waals surface area contributed by atoms with Crippen molar-refractivity contribution in [2.45, 2.75) is 13.0 Å². The van der Waals surface area contributed by atoms with E-state index in [1.54, 1.807) is 0 Å². The van der Waals surface area contributed by atoms with Crippen LogP contribution in [0.3, 0.4) is 0 Å². The van der Waals surface area contributed by atoms with Crippen LogP contribution in [0.2, 0.25) is 0 Å². The highest BCUT2D eigenvalue weighted by Gasteiger charge is 2.24. The number of hydrogen-bond acceptors (Lipinski definition) is 3. The Balaban J connectivity index is 1.70. The molecule has 4 nitrogen and oxygen atoms in total. The van der Waals surface area contributed by atoms with E-state index in [2.05, 4.69) is 10.6 Å². The third-order valence-corrected chi connectivity index (χ3v) is 2.80. The summed E-state index contributed by atoms with van der Waals surface area (Å²) in [5.41, 5.74) is 0. The molecule has 0 saturated carbocycles. The summed E-state index contributed by atoms with van der Waals surface area (Å²) in [6.07, 6.45) is -0.0191. The van der Waals surface area contributed by atoms with Gasteiger partial charge in [-0.2, -0.15) is 0 Å². The molecule has 0 aromatic heterocycles. The summed E-state index contributed by atoms with van der Waals surface area (Å²) in [7, 11) is 0. The SMILES string of the molecule is CC(CNC(=O)C1CNC1)Oc1ccccc1. The van der Waals surface area contributed by atoms with Crippen molar-refractivity contribution in [3.8, 4) is 5.75 Å². The van der Waals surface area contributed by atoms with Crippen molar-refractivity contribution in [2.75, 3.05) is 19.6 Å². The fourth-order valence-electron chi connectivity index (χ4n) is 1.64. The van der Waals surface area contributed by atoms with Crippen molar-refractivity contribution in [1.29, 1.82) is 0 Å². The summed E-state index contributed by atoms with van der Waals surface area (Å²) in [6.45, 7) is 4.08. The van der Waals surface area contributed by atoms with Crippen LogP contribution < -0.4 is 15.4 Å². The van der Waals surface area contributed by atoms with Gasteiger partial charge in [0.1, 0.15) is 11.9 Å². The van der Waals surface area contributed by atoms with Crippen LogP contribution >= 0.6 is 0 Å². The summed E-state index contributed by atoms with van der Waals surface area (Å²) in [6, 6.07) is 9.63. The first-order valence-electron chi connectivity index (χ1n) is 5.96. The molecule has 2 rings (SSSR count). The minimum absolute atomic E-state index is 0.0191. The zero-order valence-electron chi connectivity index (χ0n) is 9.98. The van der Waals surface area contributed by atoms with Crippen LogP contribution in [0, 0.1) is 5.92 Å². The van der Waals surface area contributed by atoms with Gasteiger partial charge in [0.2, 0.25) is 5.91 Å². The van der Waals surface area contributed by atoms with Gasteiger partial charge in [0.05, 0.1) is 12.5 Å². The van der Waals surface area contributed by atoms with Crippen molar-refractivity contribution in [2.24, 2.45) is 5.92 Å². The van der Waals surface area contributed by atoms with Gasteiger partial charge < -0.3 is 15.4 Å². The number of ether oxygens (including phenoxy) is 1. The van der Waals surface area contributed by atoms with Crippen LogP contribution in [0.1, 0.15) is 6.92 Å². The lowest BCUT2D eigenvalue weighted by Gasteiger charge is -2.26. The average molecular weight is 234 g/mol. The molecule has 0 spiro atoms. The minimum Gasteiger partial charge on any atom is -0.489 e. The second kappa shape index (κ2) is 5.68. The highest BCUT2D eigenvalue weighted by Crippen LogP contribution is 2.10. The number of carbonyl (C=O) groups is 1. The first-order valence-corrected chi connectivity index (χ1v) is 5.96. The monoisotopic (exact) mass is 234 g/mol. The second-order valence-corrected chi connectivity index (χ2v) is 4.34. The van der Waals surface area contributed by atoms with Crippen molar-refractivity contribution >= 4 is 5.91 Å². The van der Waals surface area contributed by atoms with Gasteiger partial charge in [-0.15, -0.1) is 0 Å². The summed E-state index contributed by atoms with van der Waals surface area (Å²) in [5.74, 6) is 1.09. The standard InChI is InChI=1S/C13H18N2O2/c1-10(17-12-5-3-2-4-6-12)7-15-13(16)11-8-14-9-11/h2-6,10-11,14H,7-9H2,1H3,(H,15,16). The molecule has 17 heavy (non-hydrogen) atoms. The van der Waals surface area contributed by atoms with E-state index in [1.807, 2.05) is 37.3 Å². The molecule has 1 heterocycles. The van der Waals surface area contributed by atoms with E-state index >= 15 is 0 Å². The van der Waals surface area contributed by atoms with E-state index in [0.29, 0.717) is 6.54 Å². The molecule has 1 unspecified atom stereocenters. The number of para-hydroxylation sites is 1. The first kappa shape index (κ1) is 11.9. The largest absolute Gasteiger partial charge is 0.489 e. The lowest BCUT2D eigenvalue weighted by atomic mass is 10.0. The fraction of sp³-hybridized carbons (Fsp3) is 0.462. The fourth-order valence-corrected chi connectivity index (χ4v) is 1.64. The Morgan fingerprint density at radius 1 is 1.47 bits per heavy atom. The molecular weight excluding hydrogens is 216 g/mol. The number of benzene rings is 1. The van der Waals surface area contributed by atoms with E-state index in [-0.39, 0.29) is 17.9 Å². The molecule has 2 N–H and O–H groups in total. The smallest absolute Gasteiger partial charge is 0.225 e. The normalized spacial score (nSPS) is 17.0. The first-order chi connectivity index (χ1) is 8.25. The Morgan fingerprint density at radius 2 is 2.18 bits per heavy atom. The number of nitrogens with one attached hydrogen (secondary N) is 2. The molecule has 1 fully saturated rings. The molecule has 0 aliphatic carbocycles. The lowest BCUT2D eigenvalue weighted by Crippen LogP contribution is -2.51. The summed E-state index contributed by atoms with van der Waals surface area (Å²) < 4.78 is 5.67. The van der Waals surface area contributed by atoms with E-state index in [1.165, 1.54) is 0 Å². The zero-order chi connectivity index (χ0) is 12.1. The van der Waals surface area contributed by atoms with Crippen LogP contribution in [0.4, 0.5) is 0 Å². The van der Waals surface area contributed by atoms with Gasteiger partial charge in [-0.1, -0.05) is 18.2 Å². The Hall–Kier alpha value is -1.55.